The van der Waals surface area contributed by atoms with E-state index in [-0.39, 0.29) is 61.4 Å². The summed E-state index contributed by atoms with van der Waals surface area (Å²) in [6.07, 6.45) is -3.30. The van der Waals surface area contributed by atoms with Gasteiger partial charge in [-0.3, -0.25) is 9.59 Å². The molecule has 224 valence electrons. The third-order valence-corrected chi connectivity index (χ3v) is 10.6. The van der Waals surface area contributed by atoms with Crippen molar-refractivity contribution in [2.45, 2.75) is 18.6 Å². The van der Waals surface area contributed by atoms with E-state index in [0.29, 0.717) is 11.1 Å². The summed E-state index contributed by atoms with van der Waals surface area (Å²) in [5.41, 5.74) is 1.05. The molecule has 43 heavy (non-hydrogen) atoms. The topological polar surface area (TPSA) is 52.6 Å². The molecule has 0 spiro atoms. The highest BCUT2D eigenvalue weighted by atomic mass is 35.5. The minimum Gasteiger partial charge on any atom is -0.452 e. The first kappa shape index (κ1) is 34.6. The molecule has 14 heteroatoms. The van der Waals surface area contributed by atoms with Crippen LogP contribution in [-0.4, -0.2) is 11.9 Å². The molecule has 0 N–H and O–H groups in total. The standard InChI is InChI=1S/C29H14Cl10O4/c30-18-16(19(31)23(35)26(38)22(18)34)28(12-7-3-1-4-8-12)42-14(40)11-15(41)43-29(13-9-5-2-6-10-13)17-20(32)24(36)27(39)25(37)21(17)33/h1-10,28-29H,11H2. The van der Waals surface area contributed by atoms with E-state index >= 15 is 0 Å². The fourth-order valence-corrected chi connectivity index (χ4v) is 6.71. The first-order chi connectivity index (χ1) is 20.3. The summed E-state index contributed by atoms with van der Waals surface area (Å²) in [7, 11) is 0. The van der Waals surface area contributed by atoms with Crippen LogP contribution in [0.5, 0.6) is 0 Å². The van der Waals surface area contributed by atoms with Crippen LogP contribution in [0.3, 0.4) is 0 Å². The van der Waals surface area contributed by atoms with Crippen molar-refractivity contribution in [1.82, 2.24) is 0 Å². The van der Waals surface area contributed by atoms with Crippen LogP contribution in [0.15, 0.2) is 60.7 Å². The molecule has 4 rings (SSSR count). The summed E-state index contributed by atoms with van der Waals surface area (Å²) in [4.78, 5) is 26.4. The molecule has 2 unspecified atom stereocenters. The van der Waals surface area contributed by atoms with Crippen LogP contribution in [0.1, 0.15) is 40.9 Å². The van der Waals surface area contributed by atoms with Gasteiger partial charge in [0, 0.05) is 11.1 Å². The Kier molecular flexibility index (Phi) is 12.0. The maximum Gasteiger partial charge on any atom is 0.318 e. The van der Waals surface area contributed by atoms with Crippen molar-refractivity contribution in [2.24, 2.45) is 0 Å². The van der Waals surface area contributed by atoms with Crippen molar-refractivity contribution in [3.05, 3.63) is 133 Å². The summed E-state index contributed by atoms with van der Waals surface area (Å²) < 4.78 is 11.4. The molecule has 0 aliphatic carbocycles. The van der Waals surface area contributed by atoms with Crippen molar-refractivity contribution in [2.75, 3.05) is 0 Å². The van der Waals surface area contributed by atoms with E-state index in [2.05, 4.69) is 0 Å². The fourth-order valence-electron chi connectivity index (χ4n) is 4.01. The lowest BCUT2D eigenvalue weighted by atomic mass is 10.0. The van der Waals surface area contributed by atoms with Crippen LogP contribution in [0.4, 0.5) is 0 Å². The van der Waals surface area contributed by atoms with Crippen molar-refractivity contribution < 1.29 is 19.1 Å². The lowest BCUT2D eigenvalue weighted by Gasteiger charge is -2.24. The first-order valence-corrected chi connectivity index (χ1v) is 15.6. The lowest BCUT2D eigenvalue weighted by Crippen LogP contribution is -2.20. The number of rotatable bonds is 8. The average Bonchev–Trinajstić information content (AvgIpc) is 3.00. The first-order valence-electron chi connectivity index (χ1n) is 11.9. The Morgan fingerprint density at radius 1 is 0.442 bits per heavy atom. The number of ether oxygens (including phenoxy) is 2. The number of esters is 2. The summed E-state index contributed by atoms with van der Waals surface area (Å²) in [5, 5.41) is -0.873. The van der Waals surface area contributed by atoms with E-state index in [9.17, 15) is 9.59 Å². The highest BCUT2D eigenvalue weighted by molar-refractivity contribution is 6.56. The van der Waals surface area contributed by atoms with Gasteiger partial charge in [-0.05, 0) is 11.1 Å². The minimum absolute atomic E-state index is 0.0711. The lowest BCUT2D eigenvalue weighted by molar-refractivity contribution is -0.158. The Morgan fingerprint density at radius 3 is 0.977 bits per heavy atom. The Hall–Kier alpha value is -1.28. The molecular weight excluding hydrogens is 767 g/mol. The highest BCUT2D eigenvalue weighted by Crippen LogP contribution is 2.50. The summed E-state index contributed by atoms with van der Waals surface area (Å²) in [5.74, 6) is -1.99. The van der Waals surface area contributed by atoms with E-state index in [4.69, 9.17) is 125 Å². The zero-order valence-corrected chi connectivity index (χ0v) is 28.6. The molecule has 0 fully saturated rings. The van der Waals surface area contributed by atoms with Crippen molar-refractivity contribution in [3.8, 4) is 0 Å². The van der Waals surface area contributed by atoms with Crippen molar-refractivity contribution in [3.63, 3.8) is 0 Å². The van der Waals surface area contributed by atoms with Crippen LogP contribution in [-0.2, 0) is 19.1 Å². The van der Waals surface area contributed by atoms with E-state index in [1.54, 1.807) is 60.7 Å². The normalized spacial score (nSPS) is 12.5. The van der Waals surface area contributed by atoms with Gasteiger partial charge in [-0.25, -0.2) is 0 Å². The molecule has 0 radical (unpaired) electrons. The van der Waals surface area contributed by atoms with Crippen LogP contribution in [0.25, 0.3) is 0 Å². The smallest absolute Gasteiger partial charge is 0.318 e. The second-order valence-corrected chi connectivity index (χ2v) is 12.5. The van der Waals surface area contributed by atoms with E-state index < -0.39 is 30.6 Å². The quantitative estimate of drug-likeness (QED) is 0.0773. The molecule has 0 aromatic heterocycles. The predicted molar refractivity (Wildman–Crippen MR) is 176 cm³/mol. The monoisotopic (exact) mass is 776 g/mol. The van der Waals surface area contributed by atoms with E-state index in [1.165, 1.54) is 0 Å². The van der Waals surface area contributed by atoms with Gasteiger partial charge in [-0.2, -0.15) is 0 Å². The van der Waals surface area contributed by atoms with E-state index in [1.807, 2.05) is 0 Å². The number of carbonyl (C=O) groups is 2. The number of hydrogen-bond acceptors (Lipinski definition) is 4. The second-order valence-electron chi connectivity index (χ2n) is 8.71. The zero-order valence-electron chi connectivity index (χ0n) is 21.0. The number of carbonyl (C=O) groups excluding carboxylic acids is 2. The molecular formula is C29H14Cl10O4. The molecule has 0 bridgehead atoms. The van der Waals surface area contributed by atoms with Gasteiger partial charge in [0.2, 0.25) is 0 Å². The van der Waals surface area contributed by atoms with Crippen LogP contribution in [0, 0.1) is 0 Å². The zero-order chi connectivity index (χ0) is 31.6. The van der Waals surface area contributed by atoms with Crippen LogP contribution in [0.2, 0.25) is 50.2 Å². The van der Waals surface area contributed by atoms with Gasteiger partial charge in [0.05, 0.1) is 50.2 Å². The average molecular weight is 781 g/mol. The van der Waals surface area contributed by atoms with Crippen LogP contribution >= 0.6 is 116 Å². The molecule has 0 aliphatic rings. The number of hydrogen-bond donors (Lipinski definition) is 0. The number of halogens is 10. The van der Waals surface area contributed by atoms with Gasteiger partial charge in [-0.1, -0.05) is 177 Å². The largest absolute Gasteiger partial charge is 0.452 e. The molecule has 4 nitrogen and oxygen atoms in total. The SMILES string of the molecule is O=C(CC(=O)OC(c1ccccc1)c1c(Cl)c(Cl)c(Cl)c(Cl)c1Cl)OC(c1ccccc1)c1c(Cl)c(Cl)c(Cl)c(Cl)c1Cl. The van der Waals surface area contributed by atoms with Crippen molar-refractivity contribution in [1.29, 1.82) is 0 Å². The van der Waals surface area contributed by atoms with Gasteiger partial charge < -0.3 is 9.47 Å². The van der Waals surface area contributed by atoms with Gasteiger partial charge >= 0.3 is 11.9 Å². The van der Waals surface area contributed by atoms with Crippen molar-refractivity contribution >= 4 is 128 Å². The molecule has 0 heterocycles. The third kappa shape index (κ3) is 7.42. The molecule has 0 saturated carbocycles. The Labute approximate surface area is 296 Å². The third-order valence-electron chi connectivity index (χ3n) is 6.00. The maximum atomic E-state index is 13.2. The molecule has 4 aromatic rings. The minimum atomic E-state index is -1.23. The molecule has 0 aliphatic heterocycles. The molecule has 0 amide bonds. The highest BCUT2D eigenvalue weighted by Gasteiger charge is 2.32. The second kappa shape index (κ2) is 14.9. The Morgan fingerprint density at radius 2 is 0.698 bits per heavy atom. The molecule has 0 saturated heterocycles. The van der Waals surface area contributed by atoms with Gasteiger partial charge in [0.15, 0.2) is 12.2 Å². The summed E-state index contributed by atoms with van der Waals surface area (Å²) in [6.45, 7) is 0. The van der Waals surface area contributed by atoms with E-state index in [0.717, 1.165) is 0 Å². The maximum absolute atomic E-state index is 13.2. The van der Waals surface area contributed by atoms with Gasteiger partial charge in [-0.15, -0.1) is 0 Å². The fraction of sp³-hybridized carbons (Fsp3) is 0.103. The Bertz CT molecular complexity index is 1510. The van der Waals surface area contributed by atoms with Crippen LogP contribution < -0.4 is 0 Å². The predicted octanol–water partition coefficient (Wildman–Crippen LogP) is 12.6. The summed E-state index contributed by atoms with van der Waals surface area (Å²) in [6, 6.07) is 16.9. The van der Waals surface area contributed by atoms with Gasteiger partial charge in [0.1, 0.15) is 6.42 Å². The number of benzene rings is 4. The Balaban J connectivity index is 1.67. The summed E-state index contributed by atoms with van der Waals surface area (Å²) >= 11 is 63.3. The molecule has 4 aromatic carbocycles. The molecule has 2 atom stereocenters. The van der Waals surface area contributed by atoms with Gasteiger partial charge in [0.25, 0.3) is 0 Å².